The SMILES string of the molecule is Cc1cnc(NCc2ccno2)cc1N. The molecule has 0 spiro atoms. The van der Waals surface area contributed by atoms with E-state index >= 15 is 0 Å². The van der Waals surface area contributed by atoms with E-state index in [4.69, 9.17) is 10.3 Å². The molecule has 0 aromatic carbocycles. The number of nitrogens with zero attached hydrogens (tertiary/aromatic N) is 2. The van der Waals surface area contributed by atoms with Gasteiger partial charge in [-0.2, -0.15) is 0 Å². The molecule has 0 saturated carbocycles. The van der Waals surface area contributed by atoms with Crippen LogP contribution in [0.5, 0.6) is 0 Å². The van der Waals surface area contributed by atoms with Crippen LogP contribution in [0.1, 0.15) is 11.3 Å². The number of nitrogens with one attached hydrogen (secondary N) is 1. The van der Waals surface area contributed by atoms with Crippen LogP contribution in [-0.4, -0.2) is 10.1 Å². The molecule has 0 aliphatic rings. The first-order valence-electron chi connectivity index (χ1n) is 4.61. The van der Waals surface area contributed by atoms with Gasteiger partial charge < -0.3 is 15.6 Å². The van der Waals surface area contributed by atoms with Crippen molar-refractivity contribution in [3.63, 3.8) is 0 Å². The Labute approximate surface area is 87.3 Å². The minimum absolute atomic E-state index is 0.551. The third-order valence-corrected chi connectivity index (χ3v) is 2.08. The van der Waals surface area contributed by atoms with Gasteiger partial charge in [-0.25, -0.2) is 4.98 Å². The molecule has 0 atom stereocenters. The van der Waals surface area contributed by atoms with Gasteiger partial charge in [-0.1, -0.05) is 5.16 Å². The third kappa shape index (κ3) is 2.25. The van der Waals surface area contributed by atoms with Gasteiger partial charge in [0, 0.05) is 24.0 Å². The maximum atomic E-state index is 5.75. The summed E-state index contributed by atoms with van der Waals surface area (Å²) in [6.45, 7) is 2.47. The summed E-state index contributed by atoms with van der Waals surface area (Å²) in [6, 6.07) is 3.59. The standard InChI is InChI=1S/C10H12N4O/c1-7-5-12-10(4-9(7)11)13-6-8-2-3-14-15-8/h2-5H,6H2,1H3,(H3,11,12,13). The Morgan fingerprint density at radius 2 is 2.40 bits per heavy atom. The van der Waals surface area contributed by atoms with E-state index in [0.29, 0.717) is 6.54 Å². The van der Waals surface area contributed by atoms with E-state index in [1.165, 1.54) is 0 Å². The van der Waals surface area contributed by atoms with E-state index in [0.717, 1.165) is 22.8 Å². The summed E-state index contributed by atoms with van der Waals surface area (Å²) in [4.78, 5) is 4.19. The molecule has 3 N–H and O–H groups in total. The fraction of sp³-hybridized carbons (Fsp3) is 0.200. The molecule has 5 nitrogen and oxygen atoms in total. The maximum Gasteiger partial charge on any atom is 0.155 e. The highest BCUT2D eigenvalue weighted by atomic mass is 16.5. The first-order valence-corrected chi connectivity index (χ1v) is 4.61. The highest BCUT2D eigenvalue weighted by Crippen LogP contribution is 2.14. The highest BCUT2D eigenvalue weighted by Gasteiger charge is 2.00. The predicted octanol–water partition coefficient (Wildman–Crippen LogP) is 1.57. The predicted molar refractivity (Wildman–Crippen MR) is 57.2 cm³/mol. The molecule has 0 unspecified atom stereocenters. The first-order chi connectivity index (χ1) is 7.25. The van der Waals surface area contributed by atoms with E-state index in [9.17, 15) is 0 Å². The number of nitrogen functional groups attached to an aromatic ring is 1. The summed E-state index contributed by atoms with van der Waals surface area (Å²) in [7, 11) is 0. The molecule has 2 aromatic rings. The average molecular weight is 204 g/mol. The molecule has 0 bridgehead atoms. The summed E-state index contributed by atoms with van der Waals surface area (Å²) in [6.07, 6.45) is 3.34. The Morgan fingerprint density at radius 3 is 3.07 bits per heavy atom. The second-order valence-corrected chi connectivity index (χ2v) is 3.26. The largest absolute Gasteiger partial charge is 0.398 e. The molecule has 5 heteroatoms. The fourth-order valence-electron chi connectivity index (χ4n) is 1.15. The molecule has 0 aliphatic heterocycles. The molecule has 2 rings (SSSR count). The van der Waals surface area contributed by atoms with Crippen LogP contribution in [0.15, 0.2) is 29.0 Å². The van der Waals surface area contributed by atoms with Gasteiger partial charge in [-0.05, 0) is 12.5 Å². The number of nitrogens with two attached hydrogens (primary N) is 1. The van der Waals surface area contributed by atoms with Gasteiger partial charge in [0.2, 0.25) is 0 Å². The lowest BCUT2D eigenvalue weighted by Gasteiger charge is -2.05. The molecule has 0 amide bonds. The van der Waals surface area contributed by atoms with Crippen LogP contribution < -0.4 is 11.1 Å². The van der Waals surface area contributed by atoms with Crippen molar-refractivity contribution in [2.24, 2.45) is 0 Å². The van der Waals surface area contributed by atoms with Crippen molar-refractivity contribution in [3.05, 3.63) is 35.9 Å². The van der Waals surface area contributed by atoms with Gasteiger partial charge in [0.25, 0.3) is 0 Å². The molecular formula is C10H12N4O. The van der Waals surface area contributed by atoms with Crippen LogP contribution in [0, 0.1) is 6.92 Å². The second-order valence-electron chi connectivity index (χ2n) is 3.26. The first kappa shape index (κ1) is 9.51. The molecule has 2 heterocycles. The minimum atomic E-state index is 0.551. The van der Waals surface area contributed by atoms with Crippen LogP contribution in [0.4, 0.5) is 11.5 Å². The Balaban J connectivity index is 2.02. The molecular weight excluding hydrogens is 192 g/mol. The van der Waals surface area contributed by atoms with E-state index in [1.54, 1.807) is 24.5 Å². The summed E-state index contributed by atoms with van der Waals surface area (Å²) in [5.74, 6) is 1.49. The average Bonchev–Trinajstić information content (AvgIpc) is 2.73. The lowest BCUT2D eigenvalue weighted by molar-refractivity contribution is 0.388. The fourth-order valence-corrected chi connectivity index (χ4v) is 1.15. The normalized spacial score (nSPS) is 10.2. The molecule has 78 valence electrons. The highest BCUT2D eigenvalue weighted by molar-refractivity contribution is 5.53. The van der Waals surface area contributed by atoms with Crippen LogP contribution in [0.25, 0.3) is 0 Å². The summed E-state index contributed by atoms with van der Waals surface area (Å²) < 4.78 is 4.94. The van der Waals surface area contributed by atoms with Crippen molar-refractivity contribution in [2.45, 2.75) is 13.5 Å². The summed E-state index contributed by atoms with van der Waals surface area (Å²) in [5, 5.41) is 6.70. The number of aromatic nitrogens is 2. The molecule has 0 aliphatic carbocycles. The number of hydrogen-bond donors (Lipinski definition) is 2. The number of anilines is 2. The lowest BCUT2D eigenvalue weighted by Crippen LogP contribution is -2.02. The number of pyridine rings is 1. The van der Waals surface area contributed by atoms with Gasteiger partial charge >= 0.3 is 0 Å². The molecule has 15 heavy (non-hydrogen) atoms. The third-order valence-electron chi connectivity index (χ3n) is 2.08. The van der Waals surface area contributed by atoms with E-state index in [1.807, 2.05) is 6.92 Å². The second kappa shape index (κ2) is 4.00. The number of rotatable bonds is 3. The smallest absolute Gasteiger partial charge is 0.155 e. The zero-order valence-corrected chi connectivity index (χ0v) is 8.40. The minimum Gasteiger partial charge on any atom is -0.398 e. The molecule has 0 radical (unpaired) electrons. The zero-order chi connectivity index (χ0) is 10.7. The van der Waals surface area contributed by atoms with Crippen LogP contribution in [0.2, 0.25) is 0 Å². The van der Waals surface area contributed by atoms with Crippen LogP contribution >= 0.6 is 0 Å². The Kier molecular flexibility index (Phi) is 2.53. The van der Waals surface area contributed by atoms with E-state index in [2.05, 4.69) is 15.5 Å². The van der Waals surface area contributed by atoms with Gasteiger partial charge in [0.1, 0.15) is 5.82 Å². The quantitative estimate of drug-likeness (QED) is 0.793. The Morgan fingerprint density at radius 1 is 1.53 bits per heavy atom. The Bertz CT molecular complexity index is 439. The lowest BCUT2D eigenvalue weighted by atomic mass is 10.2. The summed E-state index contributed by atoms with van der Waals surface area (Å²) >= 11 is 0. The summed E-state index contributed by atoms with van der Waals surface area (Å²) in [5.41, 5.74) is 7.45. The van der Waals surface area contributed by atoms with Crippen molar-refractivity contribution in [2.75, 3.05) is 11.1 Å². The Hall–Kier alpha value is -2.04. The van der Waals surface area contributed by atoms with E-state index in [-0.39, 0.29) is 0 Å². The molecule has 0 fully saturated rings. The number of hydrogen-bond acceptors (Lipinski definition) is 5. The van der Waals surface area contributed by atoms with Crippen LogP contribution in [0.3, 0.4) is 0 Å². The van der Waals surface area contributed by atoms with Gasteiger partial charge in [0.15, 0.2) is 5.76 Å². The van der Waals surface area contributed by atoms with Gasteiger partial charge in [0.05, 0.1) is 12.7 Å². The van der Waals surface area contributed by atoms with Crippen molar-refractivity contribution >= 4 is 11.5 Å². The monoisotopic (exact) mass is 204 g/mol. The molecule has 0 saturated heterocycles. The van der Waals surface area contributed by atoms with Crippen molar-refractivity contribution < 1.29 is 4.52 Å². The van der Waals surface area contributed by atoms with Crippen molar-refractivity contribution in [1.82, 2.24) is 10.1 Å². The molecule has 2 aromatic heterocycles. The van der Waals surface area contributed by atoms with E-state index < -0.39 is 0 Å². The van der Waals surface area contributed by atoms with Crippen molar-refractivity contribution in [1.29, 1.82) is 0 Å². The van der Waals surface area contributed by atoms with Crippen LogP contribution in [-0.2, 0) is 6.54 Å². The topological polar surface area (TPSA) is 77.0 Å². The van der Waals surface area contributed by atoms with Gasteiger partial charge in [-0.3, -0.25) is 0 Å². The van der Waals surface area contributed by atoms with Gasteiger partial charge in [-0.15, -0.1) is 0 Å². The maximum absolute atomic E-state index is 5.75. The van der Waals surface area contributed by atoms with Crippen molar-refractivity contribution in [3.8, 4) is 0 Å². The number of aryl methyl sites for hydroxylation is 1. The zero-order valence-electron chi connectivity index (χ0n) is 8.40.